The number of nitrogens with zero attached hydrogens (tertiary/aromatic N) is 2. The van der Waals surface area contributed by atoms with E-state index in [1.165, 1.54) is 44.5 Å². The van der Waals surface area contributed by atoms with Crippen molar-refractivity contribution in [1.82, 2.24) is 15.5 Å². The highest BCUT2D eigenvalue weighted by Crippen LogP contribution is 2.19. The molecular weight excluding hydrogens is 312 g/mol. The summed E-state index contributed by atoms with van der Waals surface area (Å²) in [5.74, 6) is 2.64. The first kappa shape index (κ1) is 19.6. The van der Waals surface area contributed by atoms with Crippen LogP contribution in [0.15, 0.2) is 29.3 Å². The number of aliphatic imine (C=N–C) groups is 1. The maximum atomic E-state index is 5.19. The van der Waals surface area contributed by atoms with E-state index < -0.39 is 0 Å². The second kappa shape index (κ2) is 11.0. The average Bonchev–Trinajstić information content (AvgIpc) is 2.67. The molecule has 0 unspecified atom stereocenters. The summed E-state index contributed by atoms with van der Waals surface area (Å²) in [6.45, 7) is 10.6. The molecule has 1 saturated heterocycles. The molecule has 5 nitrogen and oxygen atoms in total. The summed E-state index contributed by atoms with van der Waals surface area (Å²) in [5.41, 5.74) is 1.19. The number of hydrogen-bond donors (Lipinski definition) is 2. The van der Waals surface area contributed by atoms with E-state index in [4.69, 9.17) is 9.73 Å². The Morgan fingerprint density at radius 1 is 1.16 bits per heavy atom. The Bertz CT molecular complexity index is 507. The second-order valence-electron chi connectivity index (χ2n) is 6.64. The molecule has 140 valence electrons. The molecule has 2 N–H and O–H groups in total. The Labute approximate surface area is 152 Å². The monoisotopic (exact) mass is 346 g/mol. The molecule has 0 saturated carbocycles. The molecule has 0 amide bonds. The van der Waals surface area contributed by atoms with Gasteiger partial charge in [-0.3, -0.25) is 0 Å². The molecule has 25 heavy (non-hydrogen) atoms. The third kappa shape index (κ3) is 6.94. The number of rotatable bonds is 8. The summed E-state index contributed by atoms with van der Waals surface area (Å²) in [4.78, 5) is 7.24. The van der Waals surface area contributed by atoms with Gasteiger partial charge in [0.25, 0.3) is 0 Å². The van der Waals surface area contributed by atoms with Gasteiger partial charge in [0, 0.05) is 13.1 Å². The van der Waals surface area contributed by atoms with Gasteiger partial charge in [-0.2, -0.15) is 0 Å². The number of benzene rings is 1. The Morgan fingerprint density at radius 3 is 2.48 bits per heavy atom. The minimum atomic E-state index is 0.675. The van der Waals surface area contributed by atoms with Gasteiger partial charge in [-0.25, -0.2) is 4.99 Å². The normalized spacial score (nSPS) is 16.7. The zero-order valence-electron chi connectivity index (χ0n) is 16.1. The van der Waals surface area contributed by atoms with Crippen LogP contribution in [0.1, 0.15) is 38.7 Å². The lowest BCUT2D eigenvalue weighted by atomic mass is 9.93. The summed E-state index contributed by atoms with van der Waals surface area (Å²) >= 11 is 0. The third-order valence-electron chi connectivity index (χ3n) is 4.92. The van der Waals surface area contributed by atoms with E-state index >= 15 is 0 Å². The van der Waals surface area contributed by atoms with Gasteiger partial charge < -0.3 is 20.3 Å². The third-order valence-corrected chi connectivity index (χ3v) is 4.92. The summed E-state index contributed by atoms with van der Waals surface area (Å²) in [6, 6.07) is 8.09. The van der Waals surface area contributed by atoms with Crippen molar-refractivity contribution in [2.75, 3.05) is 39.8 Å². The van der Waals surface area contributed by atoms with Gasteiger partial charge in [-0.05, 0) is 69.4 Å². The number of nitrogens with one attached hydrogen (secondary N) is 2. The van der Waals surface area contributed by atoms with Crippen molar-refractivity contribution < 1.29 is 4.74 Å². The summed E-state index contributed by atoms with van der Waals surface area (Å²) in [5, 5.41) is 6.82. The van der Waals surface area contributed by atoms with Gasteiger partial charge in [0.05, 0.1) is 13.7 Å². The summed E-state index contributed by atoms with van der Waals surface area (Å²) in [6.07, 6.45) is 3.88. The van der Waals surface area contributed by atoms with Gasteiger partial charge in [0.1, 0.15) is 5.75 Å². The second-order valence-corrected chi connectivity index (χ2v) is 6.64. The molecule has 1 aromatic carbocycles. The number of methoxy groups -OCH3 is 1. The number of hydrogen-bond acceptors (Lipinski definition) is 3. The maximum absolute atomic E-state index is 5.19. The lowest BCUT2D eigenvalue weighted by molar-refractivity contribution is 0.187. The molecule has 1 heterocycles. The fourth-order valence-electron chi connectivity index (χ4n) is 3.23. The van der Waals surface area contributed by atoms with E-state index in [2.05, 4.69) is 41.5 Å². The molecular formula is C20H34N4O. The molecule has 0 radical (unpaired) electrons. The Balaban J connectivity index is 1.75. The summed E-state index contributed by atoms with van der Waals surface area (Å²) < 4.78 is 5.19. The number of likely N-dealkylation sites (tertiary alicyclic amines) is 1. The highest BCUT2D eigenvalue weighted by atomic mass is 16.5. The smallest absolute Gasteiger partial charge is 0.191 e. The van der Waals surface area contributed by atoms with Crippen LogP contribution in [0.25, 0.3) is 0 Å². The minimum absolute atomic E-state index is 0.675. The average molecular weight is 347 g/mol. The molecule has 0 aromatic heterocycles. The molecule has 1 fully saturated rings. The molecule has 0 aliphatic carbocycles. The highest BCUT2D eigenvalue weighted by molar-refractivity contribution is 5.79. The van der Waals surface area contributed by atoms with Crippen LogP contribution in [0.2, 0.25) is 0 Å². The predicted molar refractivity (Wildman–Crippen MR) is 105 cm³/mol. The zero-order chi connectivity index (χ0) is 17.9. The Hall–Kier alpha value is -1.75. The molecule has 1 aromatic rings. The van der Waals surface area contributed by atoms with Crippen molar-refractivity contribution in [1.29, 1.82) is 0 Å². The molecule has 5 heteroatoms. The lowest BCUT2D eigenvalue weighted by Gasteiger charge is -2.31. The topological polar surface area (TPSA) is 48.9 Å². The van der Waals surface area contributed by atoms with Crippen molar-refractivity contribution in [2.45, 2.75) is 39.7 Å². The molecule has 0 atom stereocenters. The molecule has 1 aliphatic heterocycles. The highest BCUT2D eigenvalue weighted by Gasteiger charge is 2.17. The molecule has 0 bridgehead atoms. The van der Waals surface area contributed by atoms with Crippen LogP contribution < -0.4 is 15.4 Å². The first-order valence-electron chi connectivity index (χ1n) is 9.62. The first-order valence-corrected chi connectivity index (χ1v) is 9.62. The number of piperidine rings is 1. The zero-order valence-corrected chi connectivity index (χ0v) is 16.1. The lowest BCUT2D eigenvalue weighted by Crippen LogP contribution is -2.39. The summed E-state index contributed by atoms with van der Waals surface area (Å²) in [7, 11) is 1.69. The number of ether oxygens (including phenoxy) is 1. The maximum Gasteiger partial charge on any atom is 0.191 e. The van der Waals surface area contributed by atoms with Gasteiger partial charge in [-0.1, -0.05) is 19.1 Å². The van der Waals surface area contributed by atoms with Crippen molar-refractivity contribution in [3.05, 3.63) is 29.8 Å². The van der Waals surface area contributed by atoms with Crippen molar-refractivity contribution in [3.63, 3.8) is 0 Å². The quantitative estimate of drug-likeness (QED) is 0.561. The van der Waals surface area contributed by atoms with E-state index in [-0.39, 0.29) is 0 Å². The predicted octanol–water partition coefficient (Wildman–Crippen LogP) is 2.87. The van der Waals surface area contributed by atoms with E-state index in [1.807, 2.05) is 12.1 Å². The van der Waals surface area contributed by atoms with Crippen LogP contribution in [-0.4, -0.2) is 50.7 Å². The van der Waals surface area contributed by atoms with Crippen LogP contribution in [0, 0.1) is 5.92 Å². The molecule has 2 rings (SSSR count). The van der Waals surface area contributed by atoms with Crippen molar-refractivity contribution >= 4 is 5.96 Å². The first-order chi connectivity index (χ1) is 12.2. The van der Waals surface area contributed by atoms with Crippen molar-refractivity contribution in [2.24, 2.45) is 10.9 Å². The minimum Gasteiger partial charge on any atom is -0.497 e. The Morgan fingerprint density at radius 2 is 1.88 bits per heavy atom. The van der Waals surface area contributed by atoms with E-state index in [0.29, 0.717) is 6.54 Å². The van der Waals surface area contributed by atoms with E-state index in [9.17, 15) is 0 Å². The van der Waals surface area contributed by atoms with Gasteiger partial charge in [0.15, 0.2) is 5.96 Å². The van der Waals surface area contributed by atoms with E-state index in [0.717, 1.165) is 30.7 Å². The Kier molecular flexibility index (Phi) is 8.60. The largest absolute Gasteiger partial charge is 0.497 e. The van der Waals surface area contributed by atoms with Crippen LogP contribution >= 0.6 is 0 Å². The van der Waals surface area contributed by atoms with Crippen molar-refractivity contribution in [3.8, 4) is 5.75 Å². The van der Waals surface area contributed by atoms with Gasteiger partial charge in [-0.15, -0.1) is 0 Å². The fraction of sp³-hybridized carbons (Fsp3) is 0.650. The van der Waals surface area contributed by atoms with Gasteiger partial charge >= 0.3 is 0 Å². The standard InChI is InChI=1S/C20H34N4O/c1-4-21-20(23-16-18-6-8-19(25-3)9-7-18)22-13-10-17-11-14-24(5-2)15-12-17/h6-9,17H,4-5,10-16H2,1-3H3,(H2,21,22,23). The number of guanidine groups is 1. The van der Waals surface area contributed by atoms with Crippen LogP contribution in [0.4, 0.5) is 0 Å². The fourth-order valence-corrected chi connectivity index (χ4v) is 3.23. The van der Waals surface area contributed by atoms with Crippen LogP contribution in [-0.2, 0) is 6.54 Å². The van der Waals surface area contributed by atoms with Gasteiger partial charge in [0.2, 0.25) is 0 Å². The van der Waals surface area contributed by atoms with Crippen LogP contribution in [0.3, 0.4) is 0 Å². The molecule has 1 aliphatic rings. The van der Waals surface area contributed by atoms with E-state index in [1.54, 1.807) is 7.11 Å². The molecule has 0 spiro atoms. The SMILES string of the molecule is CCNC(=NCc1ccc(OC)cc1)NCCC1CCN(CC)CC1. The van der Waals surface area contributed by atoms with Crippen LogP contribution in [0.5, 0.6) is 5.75 Å².